The molecule has 3 amide bonds. The Hall–Kier alpha value is -2.68. The lowest BCUT2D eigenvalue weighted by atomic mass is 10.3. The first-order valence-corrected chi connectivity index (χ1v) is 8.19. The van der Waals surface area contributed by atoms with Crippen molar-refractivity contribution < 1.29 is 18.8 Å². The molecule has 0 aromatic carbocycles. The monoisotopic (exact) mass is 350 g/mol. The number of nitrogens with one attached hydrogen (secondary N) is 2. The Morgan fingerprint density at radius 3 is 2.79 bits per heavy atom. The number of rotatable bonds is 7. The molecule has 0 aliphatic rings. The molecule has 0 bridgehead atoms. The quantitative estimate of drug-likeness (QED) is 0.779. The highest BCUT2D eigenvalue weighted by molar-refractivity contribution is 7.14. The van der Waals surface area contributed by atoms with Crippen LogP contribution >= 0.6 is 11.3 Å². The van der Waals surface area contributed by atoms with Crippen LogP contribution < -0.4 is 10.6 Å². The summed E-state index contributed by atoms with van der Waals surface area (Å²) in [5, 5.41) is 7.17. The molecule has 2 aromatic rings. The largest absolute Gasteiger partial charge is 0.459 e. The van der Waals surface area contributed by atoms with Gasteiger partial charge in [-0.25, -0.2) is 4.98 Å². The average Bonchev–Trinajstić information content (AvgIpc) is 3.24. The van der Waals surface area contributed by atoms with E-state index in [-0.39, 0.29) is 30.5 Å². The molecule has 0 aliphatic carbocycles. The zero-order valence-corrected chi connectivity index (χ0v) is 14.2. The van der Waals surface area contributed by atoms with Crippen molar-refractivity contribution in [3.63, 3.8) is 0 Å². The smallest absolute Gasteiger partial charge is 0.293 e. The summed E-state index contributed by atoms with van der Waals surface area (Å²) in [6.07, 6.45) is 1.48. The summed E-state index contributed by atoms with van der Waals surface area (Å²) >= 11 is 1.22. The van der Waals surface area contributed by atoms with E-state index in [1.54, 1.807) is 24.4 Å². The van der Waals surface area contributed by atoms with Crippen molar-refractivity contribution in [2.45, 2.75) is 13.3 Å². The molecule has 0 saturated heterocycles. The van der Waals surface area contributed by atoms with Crippen molar-refractivity contribution >= 4 is 34.2 Å². The zero-order chi connectivity index (χ0) is 17.5. The molecule has 8 nitrogen and oxygen atoms in total. The number of anilines is 1. The fourth-order valence-corrected chi connectivity index (χ4v) is 2.61. The van der Waals surface area contributed by atoms with Gasteiger partial charge in [-0.15, -0.1) is 11.3 Å². The van der Waals surface area contributed by atoms with Gasteiger partial charge in [-0.1, -0.05) is 0 Å². The molecule has 0 atom stereocenters. The van der Waals surface area contributed by atoms with E-state index in [9.17, 15) is 14.4 Å². The standard InChI is InChI=1S/C15H18N4O4S/c1-3-19(8-12(20)16-2)13(21)7-10-9-24-15(17-10)18-14(22)11-5-4-6-23-11/h4-6,9H,3,7-8H2,1-2H3,(H,16,20)(H,17,18,22). The predicted octanol–water partition coefficient (Wildman–Crippen LogP) is 1.13. The number of thiazole rings is 1. The summed E-state index contributed by atoms with van der Waals surface area (Å²) in [7, 11) is 1.52. The minimum Gasteiger partial charge on any atom is -0.459 e. The van der Waals surface area contributed by atoms with Crippen molar-refractivity contribution in [2.75, 3.05) is 25.5 Å². The number of amides is 3. The first-order chi connectivity index (χ1) is 11.5. The molecule has 2 heterocycles. The van der Waals surface area contributed by atoms with Crippen LogP contribution in [0.15, 0.2) is 28.2 Å². The number of aromatic nitrogens is 1. The Kier molecular flexibility index (Phi) is 6.07. The lowest BCUT2D eigenvalue weighted by Gasteiger charge is -2.19. The third kappa shape index (κ3) is 4.66. The highest BCUT2D eigenvalue weighted by Gasteiger charge is 2.17. The van der Waals surface area contributed by atoms with E-state index in [0.29, 0.717) is 17.4 Å². The van der Waals surface area contributed by atoms with E-state index >= 15 is 0 Å². The van der Waals surface area contributed by atoms with Crippen molar-refractivity contribution in [1.29, 1.82) is 0 Å². The van der Waals surface area contributed by atoms with Crippen molar-refractivity contribution in [3.05, 3.63) is 35.2 Å². The molecule has 0 saturated carbocycles. The Labute approximate surface area is 142 Å². The average molecular weight is 350 g/mol. The Morgan fingerprint density at radius 1 is 1.38 bits per heavy atom. The van der Waals surface area contributed by atoms with Crippen LogP contribution in [0.4, 0.5) is 5.13 Å². The lowest BCUT2D eigenvalue weighted by molar-refractivity contribution is -0.135. The van der Waals surface area contributed by atoms with Crippen LogP contribution in [0.25, 0.3) is 0 Å². The number of hydrogen-bond acceptors (Lipinski definition) is 6. The van der Waals surface area contributed by atoms with Gasteiger partial charge in [0.25, 0.3) is 5.91 Å². The van der Waals surface area contributed by atoms with E-state index in [1.165, 1.54) is 29.5 Å². The third-order valence-corrected chi connectivity index (χ3v) is 4.00. The second-order valence-electron chi connectivity index (χ2n) is 4.83. The van der Waals surface area contributed by atoms with Crippen LogP contribution in [0.3, 0.4) is 0 Å². The molecule has 128 valence electrons. The van der Waals surface area contributed by atoms with Gasteiger partial charge in [0.05, 0.1) is 24.9 Å². The van der Waals surface area contributed by atoms with Crippen molar-refractivity contribution in [1.82, 2.24) is 15.2 Å². The molecule has 0 aliphatic heterocycles. The second-order valence-corrected chi connectivity index (χ2v) is 5.69. The van der Waals surface area contributed by atoms with E-state index in [1.807, 2.05) is 0 Å². The van der Waals surface area contributed by atoms with Gasteiger partial charge in [0.2, 0.25) is 11.8 Å². The Balaban J connectivity index is 1.94. The highest BCUT2D eigenvalue weighted by Crippen LogP contribution is 2.17. The number of carbonyl (C=O) groups is 3. The lowest BCUT2D eigenvalue weighted by Crippen LogP contribution is -2.40. The topological polar surface area (TPSA) is 105 Å². The number of furan rings is 1. The van der Waals surface area contributed by atoms with Crippen molar-refractivity contribution in [2.24, 2.45) is 0 Å². The summed E-state index contributed by atoms with van der Waals surface area (Å²) < 4.78 is 5.00. The van der Waals surface area contributed by atoms with E-state index in [2.05, 4.69) is 15.6 Å². The van der Waals surface area contributed by atoms with Crippen LogP contribution in [-0.2, 0) is 16.0 Å². The summed E-state index contributed by atoms with van der Waals surface area (Å²) in [6, 6.07) is 3.16. The Bertz CT molecular complexity index is 711. The fourth-order valence-electron chi connectivity index (χ4n) is 1.91. The van der Waals surface area contributed by atoms with Crippen molar-refractivity contribution in [3.8, 4) is 0 Å². The van der Waals surface area contributed by atoms with E-state index in [4.69, 9.17) is 4.42 Å². The molecule has 2 N–H and O–H groups in total. The van der Waals surface area contributed by atoms with Gasteiger partial charge in [0, 0.05) is 19.0 Å². The van der Waals surface area contributed by atoms with Gasteiger partial charge in [0.15, 0.2) is 10.9 Å². The van der Waals surface area contributed by atoms with Gasteiger partial charge in [-0.05, 0) is 19.1 Å². The molecular formula is C15H18N4O4S. The Morgan fingerprint density at radius 2 is 2.17 bits per heavy atom. The molecule has 9 heteroatoms. The minimum absolute atomic E-state index is 0.0120. The summed E-state index contributed by atoms with van der Waals surface area (Å²) in [6.45, 7) is 2.24. The molecule has 0 fully saturated rings. The molecule has 2 rings (SSSR count). The molecule has 24 heavy (non-hydrogen) atoms. The van der Waals surface area contributed by atoms with Gasteiger partial charge in [-0.2, -0.15) is 0 Å². The summed E-state index contributed by atoms with van der Waals surface area (Å²) in [4.78, 5) is 41.1. The van der Waals surface area contributed by atoms with Crippen LogP contribution in [0.1, 0.15) is 23.2 Å². The molecule has 0 unspecified atom stereocenters. The van der Waals surface area contributed by atoms with Gasteiger partial charge in [-0.3, -0.25) is 19.7 Å². The van der Waals surface area contributed by atoms with Gasteiger partial charge in [0.1, 0.15) is 0 Å². The fraction of sp³-hybridized carbons (Fsp3) is 0.333. The van der Waals surface area contributed by atoms with E-state index in [0.717, 1.165) is 0 Å². The van der Waals surface area contributed by atoms with Crippen LogP contribution in [0.5, 0.6) is 0 Å². The van der Waals surface area contributed by atoms with E-state index < -0.39 is 5.91 Å². The number of nitrogens with zero attached hydrogens (tertiary/aromatic N) is 2. The first-order valence-electron chi connectivity index (χ1n) is 7.31. The maximum absolute atomic E-state index is 12.2. The number of hydrogen-bond donors (Lipinski definition) is 2. The second kappa shape index (κ2) is 8.25. The predicted molar refractivity (Wildman–Crippen MR) is 88.8 cm³/mol. The third-order valence-electron chi connectivity index (χ3n) is 3.20. The molecule has 0 spiro atoms. The molecule has 2 aromatic heterocycles. The van der Waals surface area contributed by atoms with Crippen LogP contribution in [0.2, 0.25) is 0 Å². The zero-order valence-electron chi connectivity index (χ0n) is 13.4. The van der Waals surface area contributed by atoms with Gasteiger partial charge >= 0.3 is 0 Å². The van der Waals surface area contributed by atoms with Crippen LogP contribution in [-0.4, -0.2) is 47.7 Å². The maximum Gasteiger partial charge on any atom is 0.293 e. The molecular weight excluding hydrogens is 332 g/mol. The number of carbonyl (C=O) groups excluding carboxylic acids is 3. The summed E-state index contributed by atoms with van der Waals surface area (Å²) in [5.41, 5.74) is 0.537. The SMILES string of the molecule is CCN(CC(=O)NC)C(=O)Cc1csc(NC(=O)c2ccco2)n1. The molecule has 0 radical (unpaired) electrons. The first kappa shape index (κ1) is 17.7. The minimum atomic E-state index is -0.401. The maximum atomic E-state index is 12.2. The normalized spacial score (nSPS) is 10.2. The highest BCUT2D eigenvalue weighted by atomic mass is 32.1. The summed E-state index contributed by atoms with van der Waals surface area (Å²) in [5.74, 6) is -0.641. The van der Waals surface area contributed by atoms with Crippen LogP contribution in [0, 0.1) is 0 Å². The van der Waals surface area contributed by atoms with Gasteiger partial charge < -0.3 is 14.6 Å². The number of likely N-dealkylation sites (N-methyl/N-ethyl adjacent to an activating group) is 2.